The molecular formula is C24H46O5. The summed E-state index contributed by atoms with van der Waals surface area (Å²) in [5.41, 5.74) is -0.544. The lowest BCUT2D eigenvalue weighted by molar-refractivity contribution is -0.137. The molecule has 172 valence electrons. The lowest BCUT2D eigenvalue weighted by atomic mass is 9.74. The average molecular weight is 415 g/mol. The maximum atomic E-state index is 10.4. The SMILES string of the molecule is CC(CO)C(CO)(CO)CCCCCCCC/C=C\CCCCCCCC(=O)O. The average Bonchev–Trinajstić information content (AvgIpc) is 2.72. The van der Waals surface area contributed by atoms with Gasteiger partial charge >= 0.3 is 5.97 Å². The summed E-state index contributed by atoms with van der Waals surface area (Å²) in [6.07, 6.45) is 20.2. The van der Waals surface area contributed by atoms with Crippen LogP contribution in [0.5, 0.6) is 0 Å². The Morgan fingerprint density at radius 3 is 1.66 bits per heavy atom. The minimum atomic E-state index is -0.689. The number of aliphatic carboxylic acids is 1. The van der Waals surface area contributed by atoms with Crippen molar-refractivity contribution in [2.75, 3.05) is 19.8 Å². The Balaban J connectivity index is 3.48. The molecule has 29 heavy (non-hydrogen) atoms. The molecule has 0 fully saturated rings. The Hall–Kier alpha value is -0.910. The van der Waals surface area contributed by atoms with Gasteiger partial charge in [0.2, 0.25) is 0 Å². The van der Waals surface area contributed by atoms with Crippen molar-refractivity contribution in [3.8, 4) is 0 Å². The topological polar surface area (TPSA) is 98.0 Å². The molecule has 0 aliphatic carbocycles. The van der Waals surface area contributed by atoms with E-state index < -0.39 is 11.4 Å². The van der Waals surface area contributed by atoms with E-state index in [4.69, 9.17) is 5.11 Å². The van der Waals surface area contributed by atoms with Gasteiger partial charge < -0.3 is 20.4 Å². The van der Waals surface area contributed by atoms with Crippen LogP contribution >= 0.6 is 0 Å². The molecule has 0 bridgehead atoms. The van der Waals surface area contributed by atoms with Crippen LogP contribution < -0.4 is 0 Å². The first-order valence-corrected chi connectivity index (χ1v) is 11.7. The fourth-order valence-electron chi connectivity index (χ4n) is 3.71. The lowest BCUT2D eigenvalue weighted by Gasteiger charge is -2.35. The van der Waals surface area contributed by atoms with Crippen molar-refractivity contribution in [2.45, 2.75) is 103 Å². The molecule has 0 saturated heterocycles. The van der Waals surface area contributed by atoms with Gasteiger partial charge in [0.05, 0.1) is 13.2 Å². The van der Waals surface area contributed by atoms with Crippen molar-refractivity contribution in [1.29, 1.82) is 0 Å². The Kier molecular flexibility index (Phi) is 18.5. The molecule has 0 radical (unpaired) electrons. The van der Waals surface area contributed by atoms with Gasteiger partial charge in [-0.2, -0.15) is 0 Å². The number of aliphatic hydroxyl groups is 3. The third-order valence-corrected chi connectivity index (χ3v) is 6.17. The molecule has 0 aliphatic rings. The first-order chi connectivity index (χ1) is 14.0. The van der Waals surface area contributed by atoms with E-state index in [0.29, 0.717) is 6.42 Å². The van der Waals surface area contributed by atoms with Crippen molar-refractivity contribution in [3.63, 3.8) is 0 Å². The number of allylic oxidation sites excluding steroid dienone is 2. The maximum absolute atomic E-state index is 10.4. The standard InChI is InChI=1S/C24H46O5/c1-22(19-25)24(20-26,21-27)18-16-14-12-10-8-6-4-2-3-5-7-9-11-13-15-17-23(28)29/h2-3,22,25-27H,4-21H2,1H3,(H,28,29)/b3-2-. The molecule has 0 rings (SSSR count). The number of carbonyl (C=O) groups is 1. The van der Waals surface area contributed by atoms with Crippen LogP contribution in [0.15, 0.2) is 12.2 Å². The van der Waals surface area contributed by atoms with E-state index in [2.05, 4.69) is 12.2 Å². The van der Waals surface area contributed by atoms with Crippen molar-refractivity contribution < 1.29 is 25.2 Å². The summed E-state index contributed by atoms with van der Waals surface area (Å²) in [7, 11) is 0. The first kappa shape index (κ1) is 28.1. The quantitative estimate of drug-likeness (QED) is 0.155. The predicted octanol–water partition coefficient (Wildman–Crippen LogP) is 5.08. The van der Waals surface area contributed by atoms with Crippen LogP contribution in [-0.4, -0.2) is 46.2 Å². The molecule has 5 heteroatoms. The Bertz CT molecular complexity index is 404. The van der Waals surface area contributed by atoms with Crippen LogP contribution in [0.25, 0.3) is 0 Å². The Morgan fingerprint density at radius 2 is 1.21 bits per heavy atom. The maximum Gasteiger partial charge on any atom is 0.303 e. The molecule has 0 aromatic heterocycles. The second-order valence-electron chi connectivity index (χ2n) is 8.59. The van der Waals surface area contributed by atoms with Crippen LogP contribution in [0.3, 0.4) is 0 Å². The van der Waals surface area contributed by atoms with Gasteiger partial charge in [0.25, 0.3) is 0 Å². The molecule has 5 nitrogen and oxygen atoms in total. The zero-order valence-corrected chi connectivity index (χ0v) is 18.7. The predicted molar refractivity (Wildman–Crippen MR) is 119 cm³/mol. The van der Waals surface area contributed by atoms with Crippen molar-refractivity contribution >= 4 is 5.97 Å². The monoisotopic (exact) mass is 414 g/mol. The zero-order chi connectivity index (χ0) is 21.8. The Morgan fingerprint density at radius 1 is 0.759 bits per heavy atom. The second kappa shape index (κ2) is 19.1. The molecule has 0 aromatic carbocycles. The van der Waals surface area contributed by atoms with E-state index in [0.717, 1.165) is 51.4 Å². The number of unbranched alkanes of at least 4 members (excludes halogenated alkanes) is 11. The summed E-state index contributed by atoms with van der Waals surface area (Å²) in [6.45, 7) is 1.76. The summed E-state index contributed by atoms with van der Waals surface area (Å²) < 4.78 is 0. The highest BCUT2D eigenvalue weighted by Crippen LogP contribution is 2.33. The van der Waals surface area contributed by atoms with Gasteiger partial charge in [-0.1, -0.05) is 70.4 Å². The summed E-state index contributed by atoms with van der Waals surface area (Å²) in [6, 6.07) is 0. The van der Waals surface area contributed by atoms with E-state index in [9.17, 15) is 20.1 Å². The van der Waals surface area contributed by atoms with Gasteiger partial charge in [0.15, 0.2) is 0 Å². The van der Waals surface area contributed by atoms with Gasteiger partial charge in [-0.25, -0.2) is 0 Å². The largest absolute Gasteiger partial charge is 0.481 e. The first-order valence-electron chi connectivity index (χ1n) is 11.7. The van der Waals surface area contributed by atoms with E-state index >= 15 is 0 Å². The fraction of sp³-hybridized carbons (Fsp3) is 0.875. The summed E-state index contributed by atoms with van der Waals surface area (Å²) in [5, 5.41) is 37.2. The van der Waals surface area contributed by atoms with Crippen molar-refractivity contribution in [1.82, 2.24) is 0 Å². The smallest absolute Gasteiger partial charge is 0.303 e. The van der Waals surface area contributed by atoms with Gasteiger partial charge in [-0.15, -0.1) is 0 Å². The molecule has 0 spiro atoms. The number of hydrogen-bond donors (Lipinski definition) is 4. The van der Waals surface area contributed by atoms with Crippen LogP contribution in [0.2, 0.25) is 0 Å². The van der Waals surface area contributed by atoms with E-state index in [1.54, 1.807) is 0 Å². The molecule has 0 aromatic rings. The van der Waals surface area contributed by atoms with Crippen LogP contribution in [0.4, 0.5) is 0 Å². The summed E-state index contributed by atoms with van der Waals surface area (Å²) in [4.78, 5) is 10.4. The van der Waals surface area contributed by atoms with Crippen LogP contribution in [0, 0.1) is 11.3 Å². The Labute approximate surface area is 178 Å². The number of rotatable bonds is 21. The normalized spacial score (nSPS) is 13.2. The summed E-state index contributed by atoms with van der Waals surface area (Å²) >= 11 is 0. The molecule has 1 unspecified atom stereocenters. The highest BCUT2D eigenvalue weighted by atomic mass is 16.4. The minimum absolute atomic E-state index is 0.00142. The molecule has 0 heterocycles. The molecule has 0 saturated carbocycles. The molecular weight excluding hydrogens is 368 g/mol. The molecule has 0 aliphatic heterocycles. The van der Waals surface area contributed by atoms with E-state index in [1.165, 1.54) is 38.5 Å². The number of aliphatic hydroxyl groups excluding tert-OH is 3. The highest BCUT2D eigenvalue weighted by Gasteiger charge is 2.34. The third kappa shape index (κ3) is 14.7. The van der Waals surface area contributed by atoms with Gasteiger partial charge in [0, 0.05) is 18.4 Å². The van der Waals surface area contributed by atoms with E-state index in [1.807, 2.05) is 6.92 Å². The summed E-state index contributed by atoms with van der Waals surface area (Å²) in [5.74, 6) is -0.771. The van der Waals surface area contributed by atoms with Crippen LogP contribution in [0.1, 0.15) is 103 Å². The van der Waals surface area contributed by atoms with Gasteiger partial charge in [0.1, 0.15) is 0 Å². The van der Waals surface area contributed by atoms with Crippen LogP contribution in [-0.2, 0) is 4.79 Å². The second-order valence-corrected chi connectivity index (χ2v) is 8.59. The molecule has 1 atom stereocenters. The lowest BCUT2D eigenvalue weighted by Crippen LogP contribution is -2.38. The minimum Gasteiger partial charge on any atom is -0.481 e. The number of carboxylic acid groups (broad SMARTS) is 1. The van der Waals surface area contributed by atoms with Crippen molar-refractivity contribution in [3.05, 3.63) is 12.2 Å². The number of hydrogen-bond acceptors (Lipinski definition) is 4. The third-order valence-electron chi connectivity index (χ3n) is 6.17. The highest BCUT2D eigenvalue weighted by molar-refractivity contribution is 5.66. The van der Waals surface area contributed by atoms with Gasteiger partial charge in [-0.3, -0.25) is 4.79 Å². The molecule has 0 amide bonds. The zero-order valence-electron chi connectivity index (χ0n) is 18.7. The molecule has 4 N–H and O–H groups in total. The number of carboxylic acids is 1. The van der Waals surface area contributed by atoms with E-state index in [-0.39, 0.29) is 25.7 Å². The fourth-order valence-corrected chi connectivity index (χ4v) is 3.71. The van der Waals surface area contributed by atoms with Crippen molar-refractivity contribution in [2.24, 2.45) is 11.3 Å². The van der Waals surface area contributed by atoms with Gasteiger partial charge in [-0.05, 0) is 44.4 Å².